The van der Waals surface area contributed by atoms with Gasteiger partial charge in [0.1, 0.15) is 10.7 Å². The van der Waals surface area contributed by atoms with Crippen molar-refractivity contribution in [1.29, 1.82) is 0 Å². The van der Waals surface area contributed by atoms with Gasteiger partial charge in [0.15, 0.2) is 0 Å². The summed E-state index contributed by atoms with van der Waals surface area (Å²) in [5, 5.41) is 2.59. The second-order valence-electron chi connectivity index (χ2n) is 9.45. The molecule has 8 heteroatoms. The molecule has 0 bridgehead atoms. The average Bonchev–Trinajstić information content (AvgIpc) is 3.52. The summed E-state index contributed by atoms with van der Waals surface area (Å²) in [5.74, 6) is -0.248. The maximum atomic E-state index is 12.6. The van der Waals surface area contributed by atoms with E-state index in [-0.39, 0.29) is 12.4 Å². The van der Waals surface area contributed by atoms with E-state index >= 15 is 0 Å². The van der Waals surface area contributed by atoms with Gasteiger partial charge < -0.3 is 9.72 Å². The van der Waals surface area contributed by atoms with Gasteiger partial charge in [-0.15, -0.1) is 11.3 Å². The zero-order valence-corrected chi connectivity index (χ0v) is 23.3. The Morgan fingerprint density at radius 1 is 1.00 bits per heavy atom. The van der Waals surface area contributed by atoms with E-state index in [4.69, 9.17) is 21.3 Å². The SMILES string of the molecule is CCOC(=O)Cc1c(C)cc2nc(-c3ccnc(-c4cnc5[nH]c(C)cc5c4)c3)sc2c1-c1ccc(Cl)cc1. The fourth-order valence-electron chi connectivity index (χ4n) is 4.88. The second kappa shape index (κ2) is 10.2. The second-order valence-corrected chi connectivity index (χ2v) is 10.9. The molecule has 1 N–H and O–H groups in total. The first-order chi connectivity index (χ1) is 18.9. The molecule has 0 spiro atoms. The van der Waals surface area contributed by atoms with Crippen LogP contribution in [0.4, 0.5) is 0 Å². The molecule has 0 unspecified atom stereocenters. The molecule has 4 heterocycles. The van der Waals surface area contributed by atoms with E-state index in [0.29, 0.717) is 11.6 Å². The van der Waals surface area contributed by atoms with Gasteiger partial charge in [-0.1, -0.05) is 23.7 Å². The summed E-state index contributed by atoms with van der Waals surface area (Å²) >= 11 is 7.81. The quantitative estimate of drug-likeness (QED) is 0.212. The summed E-state index contributed by atoms with van der Waals surface area (Å²) in [5.41, 5.74) is 9.47. The maximum Gasteiger partial charge on any atom is 0.310 e. The van der Waals surface area contributed by atoms with Gasteiger partial charge >= 0.3 is 5.97 Å². The first-order valence-electron chi connectivity index (χ1n) is 12.7. The van der Waals surface area contributed by atoms with E-state index in [2.05, 4.69) is 39.2 Å². The number of halogens is 1. The minimum absolute atomic E-state index is 0.189. The Hall–Kier alpha value is -4.07. The number of aromatic nitrogens is 4. The van der Waals surface area contributed by atoms with Crippen molar-refractivity contribution in [1.82, 2.24) is 19.9 Å². The number of hydrogen-bond donors (Lipinski definition) is 1. The molecule has 0 atom stereocenters. The molecule has 0 saturated carbocycles. The molecule has 39 heavy (non-hydrogen) atoms. The van der Waals surface area contributed by atoms with Gasteiger partial charge in [0.25, 0.3) is 0 Å². The van der Waals surface area contributed by atoms with Crippen LogP contribution in [0, 0.1) is 13.8 Å². The number of esters is 1. The van der Waals surface area contributed by atoms with Crippen molar-refractivity contribution in [3.05, 3.63) is 88.8 Å². The number of aromatic amines is 1. The van der Waals surface area contributed by atoms with Gasteiger partial charge in [-0.3, -0.25) is 9.78 Å². The number of hydrogen-bond acceptors (Lipinski definition) is 6. The lowest BCUT2D eigenvalue weighted by atomic mass is 9.93. The summed E-state index contributed by atoms with van der Waals surface area (Å²) in [6, 6.07) is 18.0. The molecule has 0 aliphatic heterocycles. The highest BCUT2D eigenvalue weighted by atomic mass is 35.5. The number of nitrogens with one attached hydrogen (secondary N) is 1. The molecule has 6 rings (SSSR count). The van der Waals surface area contributed by atoms with Crippen LogP contribution in [-0.4, -0.2) is 32.5 Å². The lowest BCUT2D eigenvalue weighted by Crippen LogP contribution is -2.09. The molecule has 0 aliphatic rings. The average molecular weight is 553 g/mol. The van der Waals surface area contributed by atoms with Crippen molar-refractivity contribution < 1.29 is 9.53 Å². The molecular formula is C31H25ClN4O2S. The Kier molecular flexibility index (Phi) is 6.62. The highest BCUT2D eigenvalue weighted by molar-refractivity contribution is 7.22. The molecule has 0 saturated heterocycles. The topological polar surface area (TPSA) is 80.8 Å². The molecule has 0 fully saturated rings. The molecule has 0 radical (unpaired) electrons. The van der Waals surface area contributed by atoms with Crippen LogP contribution in [0.2, 0.25) is 5.02 Å². The smallest absolute Gasteiger partial charge is 0.310 e. The Morgan fingerprint density at radius 2 is 1.82 bits per heavy atom. The summed E-state index contributed by atoms with van der Waals surface area (Å²) in [6.45, 7) is 6.20. The summed E-state index contributed by atoms with van der Waals surface area (Å²) in [6.07, 6.45) is 3.83. The third kappa shape index (κ3) is 4.91. The maximum absolute atomic E-state index is 12.6. The molecule has 2 aromatic carbocycles. The third-order valence-corrected chi connectivity index (χ3v) is 8.07. The van der Waals surface area contributed by atoms with Gasteiger partial charge in [-0.2, -0.15) is 0 Å². The predicted octanol–water partition coefficient (Wildman–Crippen LogP) is 7.94. The van der Waals surface area contributed by atoms with Crippen molar-refractivity contribution in [2.75, 3.05) is 6.61 Å². The van der Waals surface area contributed by atoms with Gasteiger partial charge in [0, 0.05) is 45.2 Å². The van der Waals surface area contributed by atoms with Crippen LogP contribution in [0.25, 0.3) is 54.2 Å². The predicted molar refractivity (Wildman–Crippen MR) is 158 cm³/mol. The number of pyridine rings is 2. The van der Waals surface area contributed by atoms with Crippen molar-refractivity contribution in [2.24, 2.45) is 0 Å². The van der Waals surface area contributed by atoms with Crippen LogP contribution in [0.1, 0.15) is 23.7 Å². The number of benzene rings is 2. The Bertz CT molecular complexity index is 1860. The van der Waals surface area contributed by atoms with Crippen molar-refractivity contribution in [3.63, 3.8) is 0 Å². The highest BCUT2D eigenvalue weighted by Gasteiger charge is 2.20. The van der Waals surface area contributed by atoms with Crippen LogP contribution >= 0.6 is 22.9 Å². The largest absolute Gasteiger partial charge is 0.466 e. The number of carbonyl (C=O) groups is 1. The van der Waals surface area contributed by atoms with E-state index in [9.17, 15) is 4.79 Å². The number of fused-ring (bicyclic) bond motifs is 2. The van der Waals surface area contributed by atoms with Crippen molar-refractivity contribution in [2.45, 2.75) is 27.2 Å². The van der Waals surface area contributed by atoms with E-state index < -0.39 is 0 Å². The number of thiazole rings is 1. The Balaban J connectivity index is 1.48. The van der Waals surface area contributed by atoms with Gasteiger partial charge in [0.2, 0.25) is 0 Å². The minimum atomic E-state index is -0.248. The number of H-pyrrole nitrogens is 1. The zero-order chi connectivity index (χ0) is 27.1. The van der Waals surface area contributed by atoms with Crippen LogP contribution < -0.4 is 0 Å². The first kappa shape index (κ1) is 25.2. The number of aryl methyl sites for hydroxylation is 2. The first-order valence-corrected chi connectivity index (χ1v) is 13.9. The molecule has 0 amide bonds. The molecule has 194 valence electrons. The van der Waals surface area contributed by atoms with Crippen molar-refractivity contribution in [3.8, 4) is 33.0 Å². The normalized spacial score (nSPS) is 11.4. The minimum Gasteiger partial charge on any atom is -0.466 e. The highest BCUT2D eigenvalue weighted by Crippen LogP contribution is 2.41. The number of rotatable bonds is 6. The summed E-state index contributed by atoms with van der Waals surface area (Å²) in [7, 11) is 0. The fourth-order valence-corrected chi connectivity index (χ4v) is 6.14. The number of carbonyl (C=O) groups excluding carboxylic acids is 1. The van der Waals surface area contributed by atoms with Gasteiger partial charge in [-0.05, 0) is 79.9 Å². The van der Waals surface area contributed by atoms with E-state index in [1.54, 1.807) is 17.5 Å². The van der Waals surface area contributed by atoms with E-state index in [1.165, 1.54) is 0 Å². The molecular weight excluding hydrogens is 528 g/mol. The lowest BCUT2D eigenvalue weighted by molar-refractivity contribution is -0.142. The lowest BCUT2D eigenvalue weighted by Gasteiger charge is -2.14. The van der Waals surface area contributed by atoms with Gasteiger partial charge in [0.05, 0.1) is 28.9 Å². The number of nitrogens with zero attached hydrogens (tertiary/aromatic N) is 3. The van der Waals surface area contributed by atoms with Crippen LogP contribution in [0.5, 0.6) is 0 Å². The van der Waals surface area contributed by atoms with E-state index in [1.807, 2.05) is 57.3 Å². The van der Waals surface area contributed by atoms with Crippen LogP contribution in [0.15, 0.2) is 67.0 Å². The standard InChI is InChI=1S/C31H25ClN4O2S/c1-4-38-27(37)15-24-17(2)11-26-29(28(24)19-5-7-23(32)8-6-19)39-31(36-26)20-9-10-33-25(14-20)22-13-21-12-18(3)35-30(21)34-16-22/h5-14,16H,4,15H2,1-3H3,(H,34,35). The third-order valence-electron chi connectivity index (χ3n) is 6.68. The number of ether oxygens (including phenoxy) is 1. The Labute approximate surface area is 234 Å². The molecule has 0 aliphatic carbocycles. The van der Waals surface area contributed by atoms with Gasteiger partial charge in [-0.25, -0.2) is 9.97 Å². The van der Waals surface area contributed by atoms with Crippen LogP contribution in [-0.2, 0) is 16.0 Å². The Morgan fingerprint density at radius 3 is 2.62 bits per heavy atom. The molecule has 4 aromatic heterocycles. The molecule has 6 nitrogen and oxygen atoms in total. The fraction of sp³-hybridized carbons (Fsp3) is 0.161. The van der Waals surface area contributed by atoms with E-state index in [0.717, 1.165) is 71.0 Å². The summed E-state index contributed by atoms with van der Waals surface area (Å²) < 4.78 is 6.31. The van der Waals surface area contributed by atoms with Crippen molar-refractivity contribution >= 4 is 50.2 Å². The van der Waals surface area contributed by atoms with Crippen LogP contribution in [0.3, 0.4) is 0 Å². The zero-order valence-electron chi connectivity index (χ0n) is 21.7. The monoisotopic (exact) mass is 552 g/mol. The molecule has 6 aromatic rings. The summed E-state index contributed by atoms with van der Waals surface area (Å²) in [4.78, 5) is 30.0.